The summed E-state index contributed by atoms with van der Waals surface area (Å²) in [5, 5.41) is 9.03. The van der Waals surface area contributed by atoms with Gasteiger partial charge in [-0.25, -0.2) is 4.79 Å². The Kier molecular flexibility index (Phi) is 6.32. The van der Waals surface area contributed by atoms with Crippen LogP contribution in [0.5, 0.6) is 11.5 Å². The van der Waals surface area contributed by atoms with Crippen LogP contribution in [0.3, 0.4) is 0 Å². The second-order valence-corrected chi connectivity index (χ2v) is 4.38. The van der Waals surface area contributed by atoms with Gasteiger partial charge < -0.3 is 14.2 Å². The molecule has 0 aromatic heterocycles. The number of halogens is 2. The number of benzene rings is 1. The lowest BCUT2D eigenvalue weighted by Gasteiger charge is -2.13. The number of nitriles is 1. The molecule has 0 heterocycles. The van der Waals surface area contributed by atoms with E-state index in [0.717, 1.165) is 6.08 Å². The number of nitrogens with zero attached hydrogens (tertiary/aromatic N) is 1. The van der Waals surface area contributed by atoms with Gasteiger partial charge in [0, 0.05) is 5.56 Å². The van der Waals surface area contributed by atoms with Crippen molar-refractivity contribution in [2.45, 2.75) is 26.6 Å². The monoisotopic (exact) mass is 311 g/mol. The van der Waals surface area contributed by atoms with E-state index in [9.17, 15) is 13.6 Å². The molecule has 0 aliphatic rings. The highest BCUT2D eigenvalue weighted by Crippen LogP contribution is 2.33. The van der Waals surface area contributed by atoms with Gasteiger partial charge in [0.15, 0.2) is 11.5 Å². The molecule has 0 aliphatic heterocycles. The summed E-state index contributed by atoms with van der Waals surface area (Å²) in [7, 11) is 1.29. The van der Waals surface area contributed by atoms with Gasteiger partial charge in [-0.15, -0.1) is 0 Å². The van der Waals surface area contributed by atoms with E-state index in [1.807, 2.05) is 0 Å². The van der Waals surface area contributed by atoms with E-state index in [-0.39, 0.29) is 22.6 Å². The highest BCUT2D eigenvalue weighted by molar-refractivity contribution is 5.98. The van der Waals surface area contributed by atoms with Gasteiger partial charge in [0.2, 0.25) is 0 Å². The Morgan fingerprint density at radius 2 is 2.05 bits per heavy atom. The molecule has 0 aliphatic carbocycles. The van der Waals surface area contributed by atoms with Crippen LogP contribution in [0.25, 0.3) is 6.08 Å². The summed E-state index contributed by atoms with van der Waals surface area (Å²) >= 11 is 0. The van der Waals surface area contributed by atoms with Crippen molar-refractivity contribution in [1.29, 1.82) is 5.26 Å². The van der Waals surface area contributed by atoms with Crippen molar-refractivity contribution in [1.82, 2.24) is 0 Å². The molecule has 7 heteroatoms. The number of ether oxygens (including phenoxy) is 3. The second-order valence-electron chi connectivity index (χ2n) is 4.38. The molecule has 5 nitrogen and oxygen atoms in total. The zero-order chi connectivity index (χ0) is 16.7. The fourth-order valence-electron chi connectivity index (χ4n) is 1.59. The third-order valence-corrected chi connectivity index (χ3v) is 2.42. The SMILES string of the molecule is COc1cccc(/C=C(\C#N)C(=O)OC(C)C)c1OC(F)F. The van der Waals surface area contributed by atoms with Gasteiger partial charge in [0.25, 0.3) is 0 Å². The predicted octanol–water partition coefficient (Wildman–Crippen LogP) is 3.16. The summed E-state index contributed by atoms with van der Waals surface area (Å²) in [6.45, 7) is 0.185. The molecule has 0 atom stereocenters. The summed E-state index contributed by atoms with van der Waals surface area (Å²) in [6.07, 6.45) is 0.705. The normalized spacial score (nSPS) is 11.3. The Hall–Kier alpha value is -2.62. The maximum Gasteiger partial charge on any atom is 0.387 e. The average Bonchev–Trinajstić information content (AvgIpc) is 2.44. The predicted molar refractivity (Wildman–Crippen MR) is 74.4 cm³/mol. The average molecular weight is 311 g/mol. The molecule has 0 bridgehead atoms. The highest BCUT2D eigenvalue weighted by atomic mass is 19.3. The second kappa shape index (κ2) is 7.98. The number of alkyl halides is 2. The first-order chi connectivity index (χ1) is 10.4. The molecular formula is C15H15F2NO4. The van der Waals surface area contributed by atoms with Crippen LogP contribution in [0, 0.1) is 11.3 Å². The third kappa shape index (κ3) is 4.74. The summed E-state index contributed by atoms with van der Waals surface area (Å²) < 4.78 is 39.3. The van der Waals surface area contributed by atoms with Crippen LogP contribution in [0.1, 0.15) is 19.4 Å². The third-order valence-electron chi connectivity index (χ3n) is 2.42. The van der Waals surface area contributed by atoms with Gasteiger partial charge in [0.1, 0.15) is 11.6 Å². The van der Waals surface area contributed by atoms with Crippen molar-refractivity contribution in [3.8, 4) is 17.6 Å². The van der Waals surface area contributed by atoms with Crippen molar-refractivity contribution >= 4 is 12.0 Å². The van der Waals surface area contributed by atoms with E-state index < -0.39 is 18.7 Å². The number of hydrogen-bond acceptors (Lipinski definition) is 5. The minimum Gasteiger partial charge on any atom is -0.493 e. The number of methoxy groups -OCH3 is 1. The van der Waals surface area contributed by atoms with Gasteiger partial charge in [0.05, 0.1) is 13.2 Å². The maximum absolute atomic E-state index is 12.5. The van der Waals surface area contributed by atoms with Crippen molar-refractivity contribution in [3.63, 3.8) is 0 Å². The van der Waals surface area contributed by atoms with Gasteiger partial charge in [-0.1, -0.05) is 12.1 Å². The fraction of sp³-hybridized carbons (Fsp3) is 0.333. The molecule has 0 saturated heterocycles. The van der Waals surface area contributed by atoms with E-state index in [0.29, 0.717) is 0 Å². The number of carbonyl (C=O) groups excluding carboxylic acids is 1. The molecule has 1 aromatic rings. The summed E-state index contributed by atoms with van der Waals surface area (Å²) in [5.74, 6) is -1.04. The summed E-state index contributed by atoms with van der Waals surface area (Å²) in [5.41, 5.74) is -0.224. The van der Waals surface area contributed by atoms with Gasteiger partial charge in [-0.2, -0.15) is 14.0 Å². The van der Waals surface area contributed by atoms with Crippen molar-refractivity contribution in [2.24, 2.45) is 0 Å². The lowest BCUT2D eigenvalue weighted by atomic mass is 10.1. The fourth-order valence-corrected chi connectivity index (χ4v) is 1.59. The molecule has 0 saturated carbocycles. The molecule has 0 spiro atoms. The minimum absolute atomic E-state index is 0.0589. The number of para-hydroxylation sites is 1. The van der Waals surface area contributed by atoms with E-state index in [1.165, 1.54) is 25.3 Å². The van der Waals surface area contributed by atoms with E-state index in [2.05, 4.69) is 4.74 Å². The lowest BCUT2D eigenvalue weighted by molar-refractivity contribution is -0.142. The van der Waals surface area contributed by atoms with E-state index in [1.54, 1.807) is 19.9 Å². The highest BCUT2D eigenvalue weighted by Gasteiger charge is 2.17. The number of hydrogen-bond donors (Lipinski definition) is 0. The Labute approximate surface area is 126 Å². The molecule has 0 N–H and O–H groups in total. The Morgan fingerprint density at radius 3 is 2.55 bits per heavy atom. The van der Waals surface area contributed by atoms with Gasteiger partial charge >= 0.3 is 12.6 Å². The summed E-state index contributed by atoms with van der Waals surface area (Å²) in [4.78, 5) is 11.7. The standard InChI is InChI=1S/C15H15F2NO4/c1-9(2)21-14(19)11(8-18)7-10-5-4-6-12(20-3)13(10)22-15(16)17/h4-7,9,15H,1-3H3/b11-7+. The Bertz CT molecular complexity index is 606. The van der Waals surface area contributed by atoms with Crippen molar-refractivity contribution in [2.75, 3.05) is 7.11 Å². The minimum atomic E-state index is -3.07. The Morgan fingerprint density at radius 1 is 1.36 bits per heavy atom. The van der Waals surface area contributed by atoms with Crippen LogP contribution in [-0.2, 0) is 9.53 Å². The molecule has 22 heavy (non-hydrogen) atoms. The first-order valence-electron chi connectivity index (χ1n) is 6.33. The van der Waals surface area contributed by atoms with E-state index >= 15 is 0 Å². The first-order valence-corrected chi connectivity index (χ1v) is 6.33. The smallest absolute Gasteiger partial charge is 0.387 e. The maximum atomic E-state index is 12.5. The van der Waals surface area contributed by atoms with Crippen LogP contribution >= 0.6 is 0 Å². The van der Waals surface area contributed by atoms with Crippen LogP contribution in [-0.4, -0.2) is 25.8 Å². The first kappa shape index (κ1) is 17.4. The Balaban J connectivity index is 3.27. The topological polar surface area (TPSA) is 68.5 Å². The summed E-state index contributed by atoms with van der Waals surface area (Å²) in [6, 6.07) is 6.04. The number of carbonyl (C=O) groups is 1. The number of esters is 1. The van der Waals surface area contributed by atoms with Gasteiger partial charge in [-0.05, 0) is 26.0 Å². The van der Waals surface area contributed by atoms with Crippen molar-refractivity contribution < 1.29 is 27.8 Å². The largest absolute Gasteiger partial charge is 0.493 e. The molecule has 1 rings (SSSR count). The van der Waals surface area contributed by atoms with Crippen molar-refractivity contribution in [3.05, 3.63) is 29.3 Å². The zero-order valence-electron chi connectivity index (χ0n) is 12.3. The lowest BCUT2D eigenvalue weighted by Crippen LogP contribution is -2.13. The van der Waals surface area contributed by atoms with Crippen LogP contribution in [0.2, 0.25) is 0 Å². The van der Waals surface area contributed by atoms with Gasteiger partial charge in [-0.3, -0.25) is 0 Å². The molecule has 0 amide bonds. The molecule has 0 unspecified atom stereocenters. The quantitative estimate of drug-likeness (QED) is 0.458. The van der Waals surface area contributed by atoms with E-state index in [4.69, 9.17) is 14.7 Å². The zero-order valence-corrected chi connectivity index (χ0v) is 12.3. The molecule has 0 radical (unpaired) electrons. The van der Waals surface area contributed by atoms with Crippen LogP contribution in [0.4, 0.5) is 8.78 Å². The number of rotatable bonds is 6. The molecular weight excluding hydrogens is 296 g/mol. The van der Waals surface area contributed by atoms with Crippen LogP contribution < -0.4 is 9.47 Å². The molecule has 1 aromatic carbocycles. The molecule has 0 fully saturated rings. The van der Waals surface area contributed by atoms with Crippen LogP contribution in [0.15, 0.2) is 23.8 Å². The molecule has 118 valence electrons.